The van der Waals surface area contributed by atoms with Crippen LogP contribution in [0.3, 0.4) is 0 Å². The molecule has 0 spiro atoms. The van der Waals surface area contributed by atoms with Gasteiger partial charge in [-0.1, -0.05) is 24.6 Å². The molecule has 4 rings (SSSR count). The number of pyridine rings is 1. The van der Waals surface area contributed by atoms with Crippen molar-refractivity contribution in [3.8, 4) is 17.3 Å². The lowest BCUT2D eigenvalue weighted by atomic mass is 9.89. The lowest BCUT2D eigenvalue weighted by molar-refractivity contribution is 0.0540. The molecule has 1 aliphatic rings. The number of carbonyl (C=O) groups is 1. The smallest absolute Gasteiger partial charge is 0.254 e. The van der Waals surface area contributed by atoms with E-state index in [0.29, 0.717) is 29.4 Å². The third-order valence-corrected chi connectivity index (χ3v) is 6.26. The molecule has 7 heteroatoms. The number of amides is 1. The van der Waals surface area contributed by atoms with Crippen LogP contribution < -0.4 is 5.32 Å². The number of carbonyl (C=O) groups excluding carboxylic acids is 1. The van der Waals surface area contributed by atoms with Gasteiger partial charge in [0.25, 0.3) is 5.91 Å². The summed E-state index contributed by atoms with van der Waals surface area (Å²) in [5.41, 5.74) is 4.12. The number of nitrogens with one attached hydrogen (secondary N) is 1. The van der Waals surface area contributed by atoms with Crippen molar-refractivity contribution in [2.24, 2.45) is 13.0 Å². The molecule has 2 unspecified atom stereocenters. The highest BCUT2D eigenvalue weighted by Gasteiger charge is 2.33. The molecule has 1 saturated heterocycles. The standard InChI is InChI=1S/C25H28N6O/c1-17-6-8-20(22-10-11-29-30(22)3)21(13-17)25(32)31-12-4-5-18(2)23(31)16-28-24-9-7-19(14-26)15-27-24/h6-11,13,15,18,23H,4-5,12,16H2,1-3H3,(H,27,28). The Morgan fingerprint density at radius 1 is 1.28 bits per heavy atom. The molecular formula is C25H28N6O. The SMILES string of the molecule is Cc1ccc(-c2ccnn2C)c(C(=O)N2CCCC(C)C2CNc2ccc(C#N)cn2)c1. The van der Waals surface area contributed by atoms with Crippen LogP contribution in [0.5, 0.6) is 0 Å². The van der Waals surface area contributed by atoms with E-state index in [1.807, 2.05) is 43.1 Å². The summed E-state index contributed by atoms with van der Waals surface area (Å²) in [4.78, 5) is 20.2. The molecule has 1 aromatic carbocycles. The quantitative estimate of drug-likeness (QED) is 0.663. The molecule has 1 fully saturated rings. The summed E-state index contributed by atoms with van der Waals surface area (Å²) >= 11 is 0. The zero-order valence-corrected chi connectivity index (χ0v) is 18.7. The number of aromatic nitrogens is 3. The van der Waals surface area contributed by atoms with Crippen LogP contribution in [0.4, 0.5) is 5.82 Å². The summed E-state index contributed by atoms with van der Waals surface area (Å²) in [6.45, 7) is 5.56. The third kappa shape index (κ3) is 4.35. The predicted octanol–water partition coefficient (Wildman–Crippen LogP) is 4.02. The van der Waals surface area contributed by atoms with Crippen molar-refractivity contribution in [3.63, 3.8) is 0 Å². The van der Waals surface area contributed by atoms with Gasteiger partial charge < -0.3 is 10.2 Å². The van der Waals surface area contributed by atoms with E-state index < -0.39 is 0 Å². The number of hydrogen-bond donors (Lipinski definition) is 1. The van der Waals surface area contributed by atoms with E-state index >= 15 is 0 Å². The molecule has 0 aliphatic carbocycles. The first-order chi connectivity index (χ1) is 15.5. The molecule has 2 aromatic heterocycles. The van der Waals surface area contributed by atoms with E-state index in [9.17, 15) is 4.79 Å². The fourth-order valence-corrected chi connectivity index (χ4v) is 4.44. The summed E-state index contributed by atoms with van der Waals surface area (Å²) in [5, 5.41) is 16.6. The van der Waals surface area contributed by atoms with E-state index in [2.05, 4.69) is 28.4 Å². The third-order valence-electron chi connectivity index (χ3n) is 6.26. The van der Waals surface area contributed by atoms with Crippen LogP contribution in [0, 0.1) is 24.2 Å². The summed E-state index contributed by atoms with van der Waals surface area (Å²) in [7, 11) is 1.89. The molecule has 7 nitrogen and oxygen atoms in total. The van der Waals surface area contributed by atoms with Crippen LogP contribution in [-0.2, 0) is 7.05 Å². The fraction of sp³-hybridized carbons (Fsp3) is 0.360. The Morgan fingerprint density at radius 2 is 2.12 bits per heavy atom. The van der Waals surface area contributed by atoms with Gasteiger partial charge in [-0.25, -0.2) is 4.98 Å². The molecule has 3 heterocycles. The van der Waals surface area contributed by atoms with Crippen molar-refractivity contribution in [2.75, 3.05) is 18.4 Å². The van der Waals surface area contributed by atoms with Crippen LogP contribution >= 0.6 is 0 Å². The largest absolute Gasteiger partial charge is 0.368 e. The lowest BCUT2D eigenvalue weighted by Gasteiger charge is -2.40. The van der Waals surface area contributed by atoms with Crippen LogP contribution in [-0.4, -0.2) is 44.7 Å². The van der Waals surface area contributed by atoms with Gasteiger partial charge in [0.1, 0.15) is 11.9 Å². The molecule has 164 valence electrons. The molecular weight excluding hydrogens is 400 g/mol. The van der Waals surface area contributed by atoms with E-state index in [1.54, 1.807) is 29.2 Å². The highest BCUT2D eigenvalue weighted by Crippen LogP contribution is 2.30. The number of benzene rings is 1. The van der Waals surface area contributed by atoms with Crippen LogP contribution in [0.1, 0.15) is 41.3 Å². The van der Waals surface area contributed by atoms with Crippen molar-refractivity contribution in [2.45, 2.75) is 32.7 Å². The van der Waals surface area contributed by atoms with Crippen molar-refractivity contribution in [1.29, 1.82) is 5.26 Å². The monoisotopic (exact) mass is 428 g/mol. The number of rotatable bonds is 5. The first kappa shape index (κ1) is 21.6. The van der Waals surface area contributed by atoms with E-state index in [-0.39, 0.29) is 11.9 Å². The first-order valence-corrected chi connectivity index (χ1v) is 11.0. The second-order valence-electron chi connectivity index (χ2n) is 8.50. The Hall–Kier alpha value is -3.66. The molecule has 1 N–H and O–H groups in total. The normalized spacial score (nSPS) is 18.2. The maximum absolute atomic E-state index is 13.8. The van der Waals surface area contributed by atoms with Crippen molar-refractivity contribution in [3.05, 3.63) is 65.5 Å². The van der Waals surface area contributed by atoms with E-state index in [4.69, 9.17) is 5.26 Å². The molecule has 2 atom stereocenters. The van der Waals surface area contributed by atoms with E-state index in [1.165, 1.54) is 0 Å². The highest BCUT2D eigenvalue weighted by molar-refractivity contribution is 6.01. The highest BCUT2D eigenvalue weighted by atomic mass is 16.2. The van der Waals surface area contributed by atoms with Gasteiger partial charge in [0.2, 0.25) is 0 Å². The topological polar surface area (TPSA) is 86.8 Å². The van der Waals surface area contributed by atoms with Crippen molar-refractivity contribution >= 4 is 11.7 Å². The second kappa shape index (κ2) is 9.23. The maximum Gasteiger partial charge on any atom is 0.254 e. The number of nitriles is 1. The average Bonchev–Trinajstić information content (AvgIpc) is 3.23. The molecule has 0 radical (unpaired) electrons. The first-order valence-electron chi connectivity index (χ1n) is 11.0. The molecule has 0 saturated carbocycles. The van der Waals surface area contributed by atoms with Gasteiger partial charge in [-0.3, -0.25) is 9.48 Å². The Labute approximate surface area is 188 Å². The molecule has 1 amide bonds. The van der Waals surface area contributed by atoms with Crippen LogP contribution in [0.25, 0.3) is 11.3 Å². The Kier molecular flexibility index (Phi) is 6.22. The van der Waals surface area contributed by atoms with Gasteiger partial charge in [0.05, 0.1) is 17.3 Å². The summed E-state index contributed by atoms with van der Waals surface area (Å²) < 4.78 is 1.80. The van der Waals surface area contributed by atoms with Gasteiger partial charge in [-0.05, 0) is 49.9 Å². The second-order valence-corrected chi connectivity index (χ2v) is 8.50. The zero-order valence-electron chi connectivity index (χ0n) is 18.7. The van der Waals surface area contributed by atoms with Gasteiger partial charge in [-0.15, -0.1) is 0 Å². The molecule has 0 bridgehead atoms. The van der Waals surface area contributed by atoms with Crippen LogP contribution in [0.15, 0.2) is 48.8 Å². The summed E-state index contributed by atoms with van der Waals surface area (Å²) in [6.07, 6.45) is 5.39. The van der Waals surface area contributed by atoms with Gasteiger partial charge in [0, 0.05) is 43.7 Å². The van der Waals surface area contributed by atoms with Crippen molar-refractivity contribution in [1.82, 2.24) is 19.7 Å². The number of piperidine rings is 1. The zero-order chi connectivity index (χ0) is 22.7. The summed E-state index contributed by atoms with van der Waals surface area (Å²) in [5.74, 6) is 1.12. The molecule has 1 aliphatic heterocycles. The minimum atomic E-state index is 0.0496. The number of aryl methyl sites for hydroxylation is 2. The Balaban J connectivity index is 1.60. The molecule has 32 heavy (non-hydrogen) atoms. The number of nitrogens with zero attached hydrogens (tertiary/aromatic N) is 5. The van der Waals surface area contributed by atoms with E-state index in [0.717, 1.165) is 36.2 Å². The maximum atomic E-state index is 13.8. The van der Waals surface area contributed by atoms with Gasteiger partial charge >= 0.3 is 0 Å². The number of hydrogen-bond acceptors (Lipinski definition) is 5. The fourth-order valence-electron chi connectivity index (χ4n) is 4.44. The summed E-state index contributed by atoms with van der Waals surface area (Å²) in [6, 6.07) is 13.7. The van der Waals surface area contributed by atoms with Gasteiger partial charge in [-0.2, -0.15) is 10.4 Å². The number of anilines is 1. The van der Waals surface area contributed by atoms with Crippen molar-refractivity contribution < 1.29 is 4.79 Å². The number of likely N-dealkylation sites (tertiary alicyclic amines) is 1. The Morgan fingerprint density at radius 3 is 2.81 bits per heavy atom. The average molecular weight is 429 g/mol. The predicted molar refractivity (Wildman–Crippen MR) is 124 cm³/mol. The van der Waals surface area contributed by atoms with Crippen LogP contribution in [0.2, 0.25) is 0 Å². The lowest BCUT2D eigenvalue weighted by Crippen LogP contribution is -2.51. The Bertz CT molecular complexity index is 1140. The minimum Gasteiger partial charge on any atom is -0.368 e. The molecule has 3 aromatic rings. The minimum absolute atomic E-state index is 0.0496. The van der Waals surface area contributed by atoms with Gasteiger partial charge in [0.15, 0.2) is 0 Å².